The molecule has 2 bridgehead atoms. The topological polar surface area (TPSA) is 82.1 Å². The summed E-state index contributed by atoms with van der Waals surface area (Å²) >= 11 is 1.14. The van der Waals surface area contributed by atoms with E-state index < -0.39 is 5.97 Å². The highest BCUT2D eigenvalue weighted by molar-refractivity contribution is 8.00. The number of pyridine rings is 1. The molecule has 124 valence electrons. The van der Waals surface area contributed by atoms with E-state index in [9.17, 15) is 14.7 Å². The minimum atomic E-state index is -1.27. The molecule has 2 aliphatic rings. The first kappa shape index (κ1) is 16.3. The van der Waals surface area contributed by atoms with E-state index in [1.165, 1.54) is 37.9 Å². The van der Waals surface area contributed by atoms with Crippen LogP contribution in [0.15, 0.2) is 23.4 Å². The van der Waals surface area contributed by atoms with Crippen LogP contribution in [-0.4, -0.2) is 28.7 Å². The lowest BCUT2D eigenvalue weighted by molar-refractivity contribution is -0.255. The maximum absolute atomic E-state index is 12.1. The summed E-state index contributed by atoms with van der Waals surface area (Å²) in [5, 5.41) is 14.4. The van der Waals surface area contributed by atoms with E-state index in [-0.39, 0.29) is 23.3 Å². The third kappa shape index (κ3) is 3.68. The quantitative estimate of drug-likeness (QED) is 0.797. The zero-order valence-electron chi connectivity index (χ0n) is 13.2. The molecule has 0 unspecified atom stereocenters. The molecule has 2 aliphatic carbocycles. The highest BCUT2D eigenvalue weighted by Gasteiger charge is 2.42. The molecule has 0 radical (unpaired) electrons. The van der Waals surface area contributed by atoms with Crippen LogP contribution < -0.4 is 10.4 Å². The molecule has 1 aromatic rings. The number of hydrogen-bond donors (Lipinski definition) is 1. The van der Waals surface area contributed by atoms with Gasteiger partial charge in [0, 0.05) is 17.8 Å². The van der Waals surface area contributed by atoms with Gasteiger partial charge in [-0.25, -0.2) is 4.98 Å². The number of nitrogens with zero attached hydrogens (tertiary/aromatic N) is 1. The monoisotopic (exact) mass is 333 g/mol. The fourth-order valence-electron chi connectivity index (χ4n) is 4.10. The molecule has 5 nitrogen and oxygen atoms in total. The fourth-order valence-corrected chi connectivity index (χ4v) is 4.90. The van der Waals surface area contributed by atoms with Gasteiger partial charge in [0.15, 0.2) is 0 Å². The Morgan fingerprint density at radius 1 is 1.43 bits per heavy atom. The van der Waals surface area contributed by atoms with E-state index in [1.807, 2.05) is 0 Å². The van der Waals surface area contributed by atoms with E-state index >= 15 is 0 Å². The third-order valence-corrected chi connectivity index (χ3v) is 6.16. The molecule has 0 aliphatic heterocycles. The Labute approximate surface area is 140 Å². The van der Waals surface area contributed by atoms with Crippen molar-refractivity contribution in [3.8, 4) is 0 Å². The SMILES string of the molecule is C[C@H](NC(=O)CSc1ncccc1C(=O)[O-])[C@H]1C[C@@H]2CC[C@H]1C2. The van der Waals surface area contributed by atoms with Gasteiger partial charge in [0.2, 0.25) is 5.91 Å². The van der Waals surface area contributed by atoms with Crippen molar-refractivity contribution in [2.24, 2.45) is 17.8 Å². The van der Waals surface area contributed by atoms with Crippen molar-refractivity contribution in [2.45, 2.75) is 43.7 Å². The number of hydrogen-bond acceptors (Lipinski definition) is 5. The molecule has 0 saturated heterocycles. The molecule has 3 rings (SSSR count). The number of carbonyl (C=O) groups excluding carboxylic acids is 2. The molecule has 1 heterocycles. The Kier molecular flexibility index (Phi) is 4.90. The van der Waals surface area contributed by atoms with Crippen LogP contribution in [0.25, 0.3) is 0 Å². The third-order valence-electron chi connectivity index (χ3n) is 5.15. The summed E-state index contributed by atoms with van der Waals surface area (Å²) in [6.45, 7) is 2.08. The number of aromatic nitrogens is 1. The standard InChI is InChI=1S/C17H22N2O3S/c1-10(14-8-11-4-5-12(14)7-11)19-15(20)9-23-16-13(17(21)22)3-2-6-18-16/h2-3,6,10-12,14H,4-5,7-9H2,1H3,(H,19,20)(H,21,22)/p-1/t10-,11+,12-,14+/m0/s1. The summed E-state index contributed by atoms with van der Waals surface area (Å²) in [5.74, 6) is 1.05. The van der Waals surface area contributed by atoms with Crippen molar-refractivity contribution < 1.29 is 14.7 Å². The molecule has 1 N–H and O–H groups in total. The highest BCUT2D eigenvalue weighted by atomic mass is 32.2. The minimum absolute atomic E-state index is 0.0338. The first-order valence-corrected chi connectivity index (χ1v) is 9.11. The predicted octanol–water partition coefficient (Wildman–Crippen LogP) is 1.48. The predicted molar refractivity (Wildman–Crippen MR) is 85.8 cm³/mol. The average molecular weight is 333 g/mol. The van der Waals surface area contributed by atoms with E-state index in [4.69, 9.17) is 0 Å². The van der Waals surface area contributed by atoms with Crippen molar-refractivity contribution in [1.82, 2.24) is 10.3 Å². The van der Waals surface area contributed by atoms with Crippen molar-refractivity contribution in [3.05, 3.63) is 23.9 Å². The van der Waals surface area contributed by atoms with Crippen molar-refractivity contribution in [2.75, 3.05) is 5.75 Å². The molecular weight excluding hydrogens is 312 g/mol. The Bertz CT molecular complexity index is 607. The molecule has 2 fully saturated rings. The molecule has 2 saturated carbocycles. The Hall–Kier alpha value is -1.56. The van der Waals surface area contributed by atoms with Gasteiger partial charge in [-0.3, -0.25) is 4.79 Å². The summed E-state index contributed by atoms with van der Waals surface area (Å²) in [5.41, 5.74) is 0.0338. The van der Waals surface area contributed by atoms with Crippen LogP contribution >= 0.6 is 11.8 Å². The smallest absolute Gasteiger partial charge is 0.230 e. The largest absolute Gasteiger partial charge is 0.545 e. The first-order chi connectivity index (χ1) is 11.0. The van der Waals surface area contributed by atoms with Gasteiger partial charge in [0.1, 0.15) is 5.03 Å². The molecular formula is C17H21N2O3S-. The maximum atomic E-state index is 12.1. The second-order valence-corrected chi connectivity index (χ2v) is 7.59. The Balaban J connectivity index is 1.51. The lowest BCUT2D eigenvalue weighted by Crippen LogP contribution is -2.41. The number of fused-ring (bicyclic) bond motifs is 2. The maximum Gasteiger partial charge on any atom is 0.230 e. The van der Waals surface area contributed by atoms with Gasteiger partial charge in [0.05, 0.1) is 11.7 Å². The average Bonchev–Trinajstić information content (AvgIpc) is 3.16. The van der Waals surface area contributed by atoms with Gasteiger partial charge < -0.3 is 15.2 Å². The van der Waals surface area contributed by atoms with Gasteiger partial charge in [-0.15, -0.1) is 0 Å². The normalized spacial score (nSPS) is 26.9. The number of thioether (sulfide) groups is 1. The highest BCUT2D eigenvalue weighted by Crippen LogP contribution is 2.49. The molecule has 1 amide bonds. The molecule has 0 spiro atoms. The molecule has 1 aromatic heterocycles. The van der Waals surface area contributed by atoms with Crippen LogP contribution in [0.2, 0.25) is 0 Å². The Morgan fingerprint density at radius 2 is 2.26 bits per heavy atom. The number of amides is 1. The summed E-state index contributed by atoms with van der Waals surface area (Å²) in [6, 6.07) is 3.18. The Morgan fingerprint density at radius 3 is 2.91 bits per heavy atom. The summed E-state index contributed by atoms with van der Waals surface area (Å²) < 4.78 is 0. The van der Waals surface area contributed by atoms with Crippen LogP contribution in [0, 0.1) is 17.8 Å². The number of aromatic carboxylic acids is 1. The number of carboxylic acids is 1. The number of rotatable bonds is 6. The van der Waals surface area contributed by atoms with Crippen LogP contribution in [0.1, 0.15) is 43.0 Å². The second-order valence-electron chi connectivity index (χ2n) is 6.63. The summed E-state index contributed by atoms with van der Waals surface area (Å²) in [4.78, 5) is 27.2. The lowest BCUT2D eigenvalue weighted by Gasteiger charge is -2.28. The minimum Gasteiger partial charge on any atom is -0.545 e. The van der Waals surface area contributed by atoms with Crippen LogP contribution in [-0.2, 0) is 4.79 Å². The molecule has 6 heteroatoms. The van der Waals surface area contributed by atoms with Gasteiger partial charge >= 0.3 is 0 Å². The van der Waals surface area contributed by atoms with Crippen LogP contribution in [0.4, 0.5) is 0 Å². The number of nitrogens with one attached hydrogen (secondary N) is 1. The molecule has 0 aromatic carbocycles. The van der Waals surface area contributed by atoms with E-state index in [1.54, 1.807) is 6.07 Å². The van der Waals surface area contributed by atoms with Gasteiger partial charge in [-0.05, 0) is 56.1 Å². The van der Waals surface area contributed by atoms with Crippen molar-refractivity contribution in [3.63, 3.8) is 0 Å². The van der Waals surface area contributed by atoms with E-state index in [0.717, 1.165) is 23.6 Å². The van der Waals surface area contributed by atoms with Crippen LogP contribution in [0.3, 0.4) is 0 Å². The fraction of sp³-hybridized carbons (Fsp3) is 0.588. The van der Waals surface area contributed by atoms with Gasteiger partial charge in [0.25, 0.3) is 0 Å². The van der Waals surface area contributed by atoms with E-state index in [0.29, 0.717) is 10.9 Å². The lowest BCUT2D eigenvalue weighted by atomic mass is 9.84. The van der Waals surface area contributed by atoms with Gasteiger partial charge in [-0.2, -0.15) is 0 Å². The van der Waals surface area contributed by atoms with Crippen LogP contribution in [0.5, 0.6) is 0 Å². The first-order valence-electron chi connectivity index (χ1n) is 8.13. The zero-order valence-corrected chi connectivity index (χ0v) is 14.0. The van der Waals surface area contributed by atoms with E-state index in [2.05, 4.69) is 17.2 Å². The van der Waals surface area contributed by atoms with Gasteiger partial charge in [-0.1, -0.05) is 18.2 Å². The number of carbonyl (C=O) groups is 2. The zero-order chi connectivity index (χ0) is 16.4. The van der Waals surface area contributed by atoms with Crippen molar-refractivity contribution in [1.29, 1.82) is 0 Å². The molecule has 23 heavy (non-hydrogen) atoms. The van der Waals surface area contributed by atoms with Crippen molar-refractivity contribution >= 4 is 23.6 Å². The second kappa shape index (κ2) is 6.91. The number of carboxylic acid groups (broad SMARTS) is 1. The molecule has 4 atom stereocenters. The summed E-state index contributed by atoms with van der Waals surface area (Å²) in [7, 11) is 0. The summed E-state index contributed by atoms with van der Waals surface area (Å²) in [6.07, 6.45) is 6.72.